The molecule has 0 radical (unpaired) electrons. The first-order valence-corrected chi connectivity index (χ1v) is 10.9. The summed E-state index contributed by atoms with van der Waals surface area (Å²) in [4.78, 5) is 25.8. The molecule has 0 bridgehead atoms. The van der Waals surface area contributed by atoms with Crippen molar-refractivity contribution in [1.82, 2.24) is 10.6 Å². The molecule has 1 aliphatic heterocycles. The van der Waals surface area contributed by atoms with Gasteiger partial charge in [0.2, 0.25) is 6.79 Å². The quantitative estimate of drug-likeness (QED) is 0.634. The molecule has 0 spiro atoms. The molecule has 156 valence electrons. The monoisotopic (exact) mass is 470 g/mol. The second-order valence-corrected chi connectivity index (χ2v) is 8.36. The Labute approximate surface area is 183 Å². The van der Waals surface area contributed by atoms with Crippen LogP contribution in [0.25, 0.3) is 6.08 Å². The van der Waals surface area contributed by atoms with Gasteiger partial charge in [0.15, 0.2) is 11.5 Å². The van der Waals surface area contributed by atoms with Gasteiger partial charge >= 0.3 is 0 Å². The minimum absolute atomic E-state index is 0.135. The summed E-state index contributed by atoms with van der Waals surface area (Å²) in [5.41, 5.74) is 1.41. The lowest BCUT2D eigenvalue weighted by molar-refractivity contribution is -0.118. The predicted molar refractivity (Wildman–Crippen MR) is 117 cm³/mol. The molecule has 1 heterocycles. The highest BCUT2D eigenvalue weighted by Crippen LogP contribution is 2.33. The molecule has 0 unspecified atom stereocenters. The van der Waals surface area contributed by atoms with E-state index in [-0.39, 0.29) is 30.3 Å². The normalized spacial score (nSPS) is 16.2. The molecule has 2 amide bonds. The number of hydrogen-bond donors (Lipinski definition) is 2. The molecule has 1 fully saturated rings. The Morgan fingerprint density at radius 3 is 2.47 bits per heavy atom. The molecule has 2 aliphatic rings. The van der Waals surface area contributed by atoms with Crippen LogP contribution in [0.4, 0.5) is 0 Å². The van der Waals surface area contributed by atoms with Gasteiger partial charge in [0.1, 0.15) is 5.70 Å². The Balaban J connectivity index is 1.57. The Kier molecular flexibility index (Phi) is 6.38. The predicted octanol–water partition coefficient (Wildman–Crippen LogP) is 4.40. The molecule has 0 saturated heterocycles. The number of benzene rings is 2. The second kappa shape index (κ2) is 9.34. The van der Waals surface area contributed by atoms with Crippen LogP contribution in [0.5, 0.6) is 11.5 Å². The molecule has 30 heavy (non-hydrogen) atoms. The first-order chi connectivity index (χ1) is 14.6. The third kappa shape index (κ3) is 5.02. The molecule has 1 aliphatic carbocycles. The number of carbonyl (C=O) groups excluding carboxylic acids is 2. The lowest BCUT2D eigenvalue weighted by Gasteiger charge is -2.23. The zero-order valence-corrected chi connectivity index (χ0v) is 18.0. The molecule has 6 nitrogen and oxygen atoms in total. The third-order valence-corrected chi connectivity index (χ3v) is 5.78. The van der Waals surface area contributed by atoms with Crippen molar-refractivity contribution in [1.29, 1.82) is 0 Å². The number of nitrogens with one attached hydrogen (secondary N) is 2. The maximum absolute atomic E-state index is 13.0. The summed E-state index contributed by atoms with van der Waals surface area (Å²) in [6.45, 7) is 0.178. The number of amides is 2. The Morgan fingerprint density at radius 2 is 1.70 bits per heavy atom. The summed E-state index contributed by atoms with van der Waals surface area (Å²) in [6, 6.07) is 12.5. The molecule has 2 N–H and O–H groups in total. The van der Waals surface area contributed by atoms with Gasteiger partial charge in [-0.2, -0.15) is 0 Å². The minimum Gasteiger partial charge on any atom is -0.454 e. The highest BCUT2D eigenvalue weighted by atomic mass is 79.9. The topological polar surface area (TPSA) is 76.7 Å². The van der Waals surface area contributed by atoms with Gasteiger partial charge in [-0.25, -0.2) is 0 Å². The Morgan fingerprint density at radius 1 is 0.967 bits per heavy atom. The standard InChI is InChI=1S/C23H23BrN2O4/c24-17-9-7-16(8-10-17)22(27)26-19(23(28)25-18-4-2-1-3-5-18)12-15-6-11-20-21(13-15)30-14-29-20/h6-13,18H,1-5,14H2,(H,25,28)(H,26,27)/b19-12-. The zero-order chi connectivity index (χ0) is 20.9. The van der Waals surface area contributed by atoms with Crippen LogP contribution in [0.2, 0.25) is 0 Å². The molecular weight excluding hydrogens is 448 g/mol. The van der Waals surface area contributed by atoms with Gasteiger partial charge in [-0.05, 0) is 60.9 Å². The number of ether oxygens (including phenoxy) is 2. The summed E-state index contributed by atoms with van der Waals surface area (Å²) < 4.78 is 11.6. The van der Waals surface area contributed by atoms with Crippen LogP contribution >= 0.6 is 15.9 Å². The van der Waals surface area contributed by atoms with Crippen molar-refractivity contribution in [3.05, 3.63) is 63.8 Å². The first-order valence-electron chi connectivity index (χ1n) is 10.1. The van der Waals surface area contributed by atoms with Crippen molar-refractivity contribution in [3.63, 3.8) is 0 Å². The Bertz CT molecular complexity index is 966. The summed E-state index contributed by atoms with van der Waals surface area (Å²) in [5.74, 6) is 0.660. The van der Waals surface area contributed by atoms with Crippen LogP contribution in [0, 0.1) is 0 Å². The molecule has 1 saturated carbocycles. The number of halogens is 1. The smallest absolute Gasteiger partial charge is 0.268 e. The van der Waals surface area contributed by atoms with Gasteiger partial charge in [-0.15, -0.1) is 0 Å². The lowest BCUT2D eigenvalue weighted by Crippen LogP contribution is -2.41. The number of carbonyl (C=O) groups is 2. The van der Waals surface area contributed by atoms with Crippen molar-refractivity contribution >= 4 is 33.8 Å². The fraction of sp³-hybridized carbons (Fsp3) is 0.304. The van der Waals surface area contributed by atoms with E-state index < -0.39 is 0 Å². The van der Waals surface area contributed by atoms with E-state index in [1.54, 1.807) is 42.5 Å². The molecule has 0 atom stereocenters. The van der Waals surface area contributed by atoms with E-state index in [4.69, 9.17) is 9.47 Å². The van der Waals surface area contributed by atoms with Crippen LogP contribution in [0.3, 0.4) is 0 Å². The fourth-order valence-electron chi connectivity index (χ4n) is 3.63. The fourth-order valence-corrected chi connectivity index (χ4v) is 3.90. The largest absolute Gasteiger partial charge is 0.454 e. The molecule has 7 heteroatoms. The van der Waals surface area contributed by atoms with Crippen molar-refractivity contribution < 1.29 is 19.1 Å². The number of hydrogen-bond acceptors (Lipinski definition) is 4. The summed E-state index contributed by atoms with van der Waals surface area (Å²) in [6.07, 6.45) is 7.01. The maximum Gasteiger partial charge on any atom is 0.268 e. The third-order valence-electron chi connectivity index (χ3n) is 5.25. The number of rotatable bonds is 5. The van der Waals surface area contributed by atoms with Crippen molar-refractivity contribution in [3.8, 4) is 11.5 Å². The molecular formula is C23H23BrN2O4. The van der Waals surface area contributed by atoms with Crippen LogP contribution in [0.15, 0.2) is 52.6 Å². The first kappa shape index (κ1) is 20.5. The Hall–Kier alpha value is -2.80. The van der Waals surface area contributed by atoms with E-state index in [9.17, 15) is 9.59 Å². The van der Waals surface area contributed by atoms with E-state index >= 15 is 0 Å². The summed E-state index contributed by atoms with van der Waals surface area (Å²) in [7, 11) is 0. The molecule has 4 rings (SSSR count). The van der Waals surface area contributed by atoms with Gasteiger partial charge in [-0.1, -0.05) is 41.3 Å². The van der Waals surface area contributed by atoms with Gasteiger partial charge in [-0.3, -0.25) is 9.59 Å². The van der Waals surface area contributed by atoms with Gasteiger partial charge in [0, 0.05) is 16.1 Å². The lowest BCUT2D eigenvalue weighted by atomic mass is 9.95. The van der Waals surface area contributed by atoms with Gasteiger partial charge < -0.3 is 20.1 Å². The van der Waals surface area contributed by atoms with E-state index in [0.717, 1.165) is 35.7 Å². The van der Waals surface area contributed by atoms with Gasteiger partial charge in [0.05, 0.1) is 0 Å². The molecule has 2 aromatic carbocycles. The van der Waals surface area contributed by atoms with E-state index in [2.05, 4.69) is 26.6 Å². The van der Waals surface area contributed by atoms with Crippen LogP contribution < -0.4 is 20.1 Å². The highest BCUT2D eigenvalue weighted by Gasteiger charge is 2.21. The van der Waals surface area contributed by atoms with Crippen molar-refractivity contribution in [2.45, 2.75) is 38.1 Å². The van der Waals surface area contributed by atoms with Crippen LogP contribution in [-0.2, 0) is 4.79 Å². The molecule has 2 aromatic rings. The SMILES string of the molecule is O=C(NC1CCCCC1)/C(=C/c1ccc2c(c1)OCO2)NC(=O)c1ccc(Br)cc1. The van der Waals surface area contributed by atoms with E-state index in [0.29, 0.717) is 17.1 Å². The van der Waals surface area contributed by atoms with Crippen molar-refractivity contribution in [2.75, 3.05) is 6.79 Å². The van der Waals surface area contributed by atoms with Crippen LogP contribution in [-0.4, -0.2) is 24.6 Å². The molecule has 0 aromatic heterocycles. The summed E-state index contributed by atoms with van der Waals surface area (Å²) >= 11 is 3.36. The van der Waals surface area contributed by atoms with Gasteiger partial charge in [0.25, 0.3) is 11.8 Å². The zero-order valence-electron chi connectivity index (χ0n) is 16.4. The van der Waals surface area contributed by atoms with E-state index in [1.807, 2.05) is 6.07 Å². The highest BCUT2D eigenvalue weighted by molar-refractivity contribution is 9.10. The number of fused-ring (bicyclic) bond motifs is 1. The maximum atomic E-state index is 13.0. The van der Waals surface area contributed by atoms with Crippen molar-refractivity contribution in [2.24, 2.45) is 0 Å². The minimum atomic E-state index is -0.340. The second-order valence-electron chi connectivity index (χ2n) is 7.44. The van der Waals surface area contributed by atoms with E-state index in [1.165, 1.54) is 6.42 Å². The van der Waals surface area contributed by atoms with Crippen LogP contribution in [0.1, 0.15) is 48.0 Å². The average molecular weight is 471 g/mol. The summed E-state index contributed by atoms with van der Waals surface area (Å²) in [5, 5.41) is 5.85. The average Bonchev–Trinajstić information content (AvgIpc) is 3.22.